The average molecular weight is 311 g/mol. The number of halogens is 1. The third-order valence-electron chi connectivity index (χ3n) is 3.65. The number of piperidine rings is 1. The van der Waals surface area contributed by atoms with E-state index in [9.17, 15) is 9.59 Å². The first kappa shape index (κ1) is 15.6. The van der Waals surface area contributed by atoms with E-state index in [-0.39, 0.29) is 17.8 Å². The number of nitrogen functional groups attached to an aromatic ring is 1. The second-order valence-corrected chi connectivity index (χ2v) is 5.46. The summed E-state index contributed by atoms with van der Waals surface area (Å²) in [7, 11) is 0. The smallest absolute Gasteiger partial charge is 0.309 e. The first-order valence-corrected chi connectivity index (χ1v) is 7.41. The molecular formula is C15H19ClN2O3. The predicted molar refractivity (Wildman–Crippen MR) is 81.1 cm³/mol. The molecule has 1 aliphatic heterocycles. The molecule has 1 aromatic rings. The van der Waals surface area contributed by atoms with Crippen LogP contribution in [0.2, 0.25) is 5.02 Å². The maximum Gasteiger partial charge on any atom is 0.309 e. The summed E-state index contributed by atoms with van der Waals surface area (Å²) < 4.78 is 5.02. The Labute approximate surface area is 129 Å². The van der Waals surface area contributed by atoms with Crippen molar-refractivity contribution in [2.75, 3.05) is 25.4 Å². The van der Waals surface area contributed by atoms with Crippen LogP contribution in [-0.4, -0.2) is 36.5 Å². The summed E-state index contributed by atoms with van der Waals surface area (Å²) in [5.74, 6) is -0.358. The summed E-state index contributed by atoms with van der Waals surface area (Å²) in [6.45, 7) is 3.28. The number of anilines is 1. The number of amides is 1. The van der Waals surface area contributed by atoms with Gasteiger partial charge in [-0.25, -0.2) is 0 Å². The minimum atomic E-state index is -0.167. The lowest BCUT2D eigenvalue weighted by molar-refractivity contribution is -0.149. The van der Waals surface area contributed by atoms with Crippen LogP contribution in [0, 0.1) is 5.92 Å². The van der Waals surface area contributed by atoms with E-state index in [1.165, 1.54) is 0 Å². The number of carbonyl (C=O) groups excluding carboxylic acids is 2. The Balaban J connectivity index is 1.97. The number of likely N-dealkylation sites (tertiary alicyclic amines) is 1. The number of carbonyl (C=O) groups is 2. The Hall–Kier alpha value is -1.75. The number of hydrogen-bond donors (Lipinski definition) is 1. The van der Waals surface area contributed by atoms with Crippen LogP contribution in [0.3, 0.4) is 0 Å². The molecule has 0 bridgehead atoms. The van der Waals surface area contributed by atoms with Crippen LogP contribution >= 0.6 is 11.6 Å². The second kappa shape index (κ2) is 6.80. The molecule has 0 radical (unpaired) electrons. The standard InChI is InChI=1S/C15H19ClN2O3/c1-2-21-15(20)10-5-7-18(8-6-10)14(19)11-3-4-13(17)12(16)9-11/h3-4,9-10H,2,5-8,17H2,1H3. The summed E-state index contributed by atoms with van der Waals surface area (Å²) in [6, 6.07) is 4.87. The van der Waals surface area contributed by atoms with Gasteiger partial charge in [0.05, 0.1) is 23.2 Å². The van der Waals surface area contributed by atoms with Gasteiger partial charge in [-0.3, -0.25) is 9.59 Å². The molecule has 0 aromatic heterocycles. The Morgan fingerprint density at radius 1 is 1.38 bits per heavy atom. The number of rotatable bonds is 3. The van der Waals surface area contributed by atoms with Gasteiger partial charge < -0.3 is 15.4 Å². The summed E-state index contributed by atoms with van der Waals surface area (Å²) in [5, 5.41) is 0.377. The Morgan fingerprint density at radius 2 is 2.05 bits per heavy atom. The average Bonchev–Trinajstić information content (AvgIpc) is 2.50. The SMILES string of the molecule is CCOC(=O)C1CCN(C(=O)c2ccc(N)c(Cl)c2)CC1. The van der Waals surface area contributed by atoms with E-state index < -0.39 is 0 Å². The number of hydrogen-bond acceptors (Lipinski definition) is 4. The molecule has 1 saturated heterocycles. The quantitative estimate of drug-likeness (QED) is 0.687. The third-order valence-corrected chi connectivity index (χ3v) is 3.98. The molecule has 1 amide bonds. The van der Waals surface area contributed by atoms with Crippen molar-refractivity contribution < 1.29 is 14.3 Å². The van der Waals surface area contributed by atoms with E-state index in [0.717, 1.165) is 0 Å². The van der Waals surface area contributed by atoms with E-state index >= 15 is 0 Å². The summed E-state index contributed by atoms with van der Waals surface area (Å²) in [4.78, 5) is 25.8. The Bertz CT molecular complexity index is 540. The van der Waals surface area contributed by atoms with Crippen molar-refractivity contribution in [1.29, 1.82) is 0 Å². The van der Waals surface area contributed by atoms with Gasteiger partial charge in [-0.15, -0.1) is 0 Å². The second-order valence-electron chi connectivity index (χ2n) is 5.05. The van der Waals surface area contributed by atoms with E-state index in [1.54, 1.807) is 30.0 Å². The summed E-state index contributed by atoms with van der Waals surface area (Å²) in [6.07, 6.45) is 1.26. The normalized spacial score (nSPS) is 15.8. The Kier molecular flexibility index (Phi) is 5.07. The third kappa shape index (κ3) is 3.67. The lowest BCUT2D eigenvalue weighted by atomic mass is 9.96. The van der Waals surface area contributed by atoms with E-state index in [4.69, 9.17) is 22.1 Å². The molecule has 114 valence electrons. The van der Waals surface area contributed by atoms with E-state index in [0.29, 0.717) is 48.8 Å². The molecule has 5 nitrogen and oxygen atoms in total. The van der Waals surface area contributed by atoms with Crippen LogP contribution in [0.4, 0.5) is 5.69 Å². The summed E-state index contributed by atoms with van der Waals surface area (Å²) >= 11 is 5.94. The zero-order valence-corrected chi connectivity index (χ0v) is 12.7. The first-order chi connectivity index (χ1) is 10.0. The molecule has 2 N–H and O–H groups in total. The van der Waals surface area contributed by atoms with Gasteiger partial charge in [0.1, 0.15) is 0 Å². The van der Waals surface area contributed by atoms with Gasteiger partial charge in [-0.1, -0.05) is 11.6 Å². The number of ether oxygens (including phenoxy) is 1. The topological polar surface area (TPSA) is 72.6 Å². The van der Waals surface area contributed by atoms with Crippen LogP contribution in [-0.2, 0) is 9.53 Å². The van der Waals surface area contributed by atoms with Crippen LogP contribution < -0.4 is 5.73 Å². The molecule has 0 aliphatic carbocycles. The lowest BCUT2D eigenvalue weighted by Crippen LogP contribution is -2.40. The van der Waals surface area contributed by atoms with Crippen molar-refractivity contribution in [1.82, 2.24) is 4.90 Å². The molecule has 1 fully saturated rings. The molecule has 0 spiro atoms. The lowest BCUT2D eigenvalue weighted by Gasteiger charge is -2.31. The van der Waals surface area contributed by atoms with Gasteiger partial charge in [0.15, 0.2) is 0 Å². The van der Waals surface area contributed by atoms with Crippen molar-refractivity contribution >= 4 is 29.2 Å². The van der Waals surface area contributed by atoms with Crippen molar-refractivity contribution in [3.05, 3.63) is 28.8 Å². The molecular weight excluding hydrogens is 292 g/mol. The van der Waals surface area contributed by atoms with Gasteiger partial charge in [0, 0.05) is 18.7 Å². The van der Waals surface area contributed by atoms with Crippen molar-refractivity contribution in [2.45, 2.75) is 19.8 Å². The number of nitrogens with zero attached hydrogens (tertiary/aromatic N) is 1. The fourth-order valence-electron chi connectivity index (χ4n) is 2.42. The van der Waals surface area contributed by atoms with E-state index in [1.807, 2.05) is 0 Å². The number of benzene rings is 1. The maximum atomic E-state index is 12.4. The maximum absolute atomic E-state index is 12.4. The highest BCUT2D eigenvalue weighted by Gasteiger charge is 2.28. The highest BCUT2D eigenvalue weighted by atomic mass is 35.5. The largest absolute Gasteiger partial charge is 0.466 e. The van der Waals surface area contributed by atoms with Crippen LogP contribution in [0.15, 0.2) is 18.2 Å². The zero-order valence-electron chi connectivity index (χ0n) is 12.0. The molecule has 0 unspecified atom stereocenters. The fraction of sp³-hybridized carbons (Fsp3) is 0.467. The zero-order chi connectivity index (χ0) is 15.4. The van der Waals surface area contributed by atoms with E-state index in [2.05, 4.69) is 0 Å². The minimum absolute atomic E-state index is 0.0841. The number of esters is 1. The summed E-state index contributed by atoms with van der Waals surface area (Å²) in [5.41, 5.74) is 6.61. The van der Waals surface area contributed by atoms with Crippen LogP contribution in [0.5, 0.6) is 0 Å². The van der Waals surface area contributed by atoms with Gasteiger partial charge in [0.25, 0.3) is 5.91 Å². The molecule has 1 heterocycles. The van der Waals surface area contributed by atoms with Crippen LogP contribution in [0.25, 0.3) is 0 Å². The molecule has 2 rings (SSSR count). The molecule has 21 heavy (non-hydrogen) atoms. The number of nitrogens with two attached hydrogens (primary N) is 1. The molecule has 1 aromatic carbocycles. The highest BCUT2D eigenvalue weighted by molar-refractivity contribution is 6.33. The van der Waals surface area contributed by atoms with Gasteiger partial charge in [-0.05, 0) is 38.0 Å². The van der Waals surface area contributed by atoms with Crippen molar-refractivity contribution in [2.24, 2.45) is 5.92 Å². The monoisotopic (exact) mass is 310 g/mol. The van der Waals surface area contributed by atoms with Gasteiger partial charge >= 0.3 is 5.97 Å². The molecule has 1 aliphatic rings. The first-order valence-electron chi connectivity index (χ1n) is 7.04. The predicted octanol–water partition coefficient (Wildman–Crippen LogP) is 2.34. The van der Waals surface area contributed by atoms with Gasteiger partial charge in [-0.2, -0.15) is 0 Å². The molecule has 6 heteroatoms. The Morgan fingerprint density at radius 3 is 2.62 bits per heavy atom. The minimum Gasteiger partial charge on any atom is -0.466 e. The highest BCUT2D eigenvalue weighted by Crippen LogP contribution is 2.23. The molecule has 0 saturated carbocycles. The van der Waals surface area contributed by atoms with Crippen molar-refractivity contribution in [3.63, 3.8) is 0 Å². The van der Waals surface area contributed by atoms with Gasteiger partial charge in [0.2, 0.25) is 0 Å². The molecule has 0 atom stereocenters. The van der Waals surface area contributed by atoms with Crippen LogP contribution in [0.1, 0.15) is 30.1 Å². The fourth-order valence-corrected chi connectivity index (χ4v) is 2.60. The van der Waals surface area contributed by atoms with Crippen molar-refractivity contribution in [3.8, 4) is 0 Å².